The van der Waals surface area contributed by atoms with Crippen molar-refractivity contribution in [3.63, 3.8) is 0 Å². The third-order valence-electron chi connectivity index (χ3n) is 3.12. The summed E-state index contributed by atoms with van der Waals surface area (Å²) in [6, 6.07) is 8.80. The molecule has 0 radical (unpaired) electrons. The van der Waals surface area contributed by atoms with E-state index in [-0.39, 0.29) is 0 Å². The fourth-order valence-corrected chi connectivity index (χ4v) is 2.29. The molecule has 0 N–H and O–H groups in total. The first kappa shape index (κ1) is 8.10. The van der Waals surface area contributed by atoms with E-state index < -0.39 is 0 Å². The number of rotatable bonds is 2. The predicted molar refractivity (Wildman–Crippen MR) is 57.8 cm³/mol. The first-order chi connectivity index (χ1) is 6.81. The van der Waals surface area contributed by atoms with E-state index in [1.807, 2.05) is 0 Å². The Morgan fingerprint density at radius 3 is 3.07 bits per heavy atom. The Kier molecular flexibility index (Phi) is 1.66. The molecule has 14 heavy (non-hydrogen) atoms. The van der Waals surface area contributed by atoms with Crippen LogP contribution in [0.15, 0.2) is 36.0 Å². The van der Waals surface area contributed by atoms with Crippen molar-refractivity contribution in [3.05, 3.63) is 47.2 Å². The van der Waals surface area contributed by atoms with E-state index in [0.29, 0.717) is 0 Å². The zero-order valence-electron chi connectivity index (χ0n) is 8.53. The first-order valence-corrected chi connectivity index (χ1v) is 5.31. The molecule has 1 unspecified atom stereocenters. The Balaban J connectivity index is 1.72. The average molecular weight is 185 g/mol. The molecule has 2 aliphatic rings. The molecular weight excluding hydrogens is 170 g/mol. The zero-order chi connectivity index (χ0) is 9.54. The number of nitrogens with zero attached hydrogens (tertiary/aromatic N) is 1. The van der Waals surface area contributed by atoms with Crippen molar-refractivity contribution in [3.8, 4) is 0 Å². The summed E-state index contributed by atoms with van der Waals surface area (Å²) < 4.78 is 0. The van der Waals surface area contributed by atoms with Gasteiger partial charge >= 0.3 is 0 Å². The van der Waals surface area contributed by atoms with Gasteiger partial charge in [0.1, 0.15) is 0 Å². The van der Waals surface area contributed by atoms with E-state index in [0.717, 1.165) is 12.5 Å². The predicted octanol–water partition coefficient (Wildman–Crippen LogP) is 2.71. The van der Waals surface area contributed by atoms with Gasteiger partial charge in [0.15, 0.2) is 0 Å². The second-order valence-corrected chi connectivity index (χ2v) is 4.52. The zero-order valence-corrected chi connectivity index (χ0v) is 8.53. The minimum absolute atomic E-state index is 0.916. The van der Waals surface area contributed by atoms with Gasteiger partial charge in [0.05, 0.1) is 0 Å². The summed E-state index contributed by atoms with van der Waals surface area (Å²) in [7, 11) is 0. The molecule has 3 rings (SSSR count). The Labute approximate surface area is 85.0 Å². The minimum Gasteiger partial charge on any atom is -0.372 e. The van der Waals surface area contributed by atoms with Crippen LogP contribution in [0, 0.1) is 12.8 Å². The molecule has 1 heterocycles. The van der Waals surface area contributed by atoms with Gasteiger partial charge in [0.2, 0.25) is 0 Å². The van der Waals surface area contributed by atoms with Crippen LogP contribution in [-0.4, -0.2) is 11.4 Å². The molecule has 1 aliphatic heterocycles. The summed E-state index contributed by atoms with van der Waals surface area (Å²) in [5, 5.41) is 0. The van der Waals surface area contributed by atoms with Gasteiger partial charge in [0.25, 0.3) is 0 Å². The van der Waals surface area contributed by atoms with Crippen molar-refractivity contribution in [1.29, 1.82) is 0 Å². The maximum Gasteiger partial charge on any atom is 0.0424 e. The highest BCUT2D eigenvalue weighted by Crippen LogP contribution is 2.43. The summed E-state index contributed by atoms with van der Waals surface area (Å²) in [6.45, 7) is 4.49. The lowest BCUT2D eigenvalue weighted by Crippen LogP contribution is -2.16. The van der Waals surface area contributed by atoms with Crippen LogP contribution in [0.25, 0.3) is 0 Å². The Morgan fingerprint density at radius 2 is 2.36 bits per heavy atom. The second kappa shape index (κ2) is 2.88. The number of aryl methyl sites for hydroxylation is 1. The third kappa shape index (κ3) is 1.43. The van der Waals surface area contributed by atoms with Gasteiger partial charge in [-0.2, -0.15) is 0 Å². The van der Waals surface area contributed by atoms with Gasteiger partial charge in [-0.3, -0.25) is 0 Å². The van der Waals surface area contributed by atoms with E-state index in [1.165, 1.54) is 24.1 Å². The lowest BCUT2D eigenvalue weighted by atomic mass is 10.1. The van der Waals surface area contributed by atoms with Crippen LogP contribution < -0.4 is 0 Å². The van der Waals surface area contributed by atoms with Crippen LogP contribution >= 0.6 is 0 Å². The van der Waals surface area contributed by atoms with Crippen LogP contribution in [0.3, 0.4) is 0 Å². The number of hydrogen-bond donors (Lipinski definition) is 0. The quantitative estimate of drug-likeness (QED) is 0.684. The fourth-order valence-electron chi connectivity index (χ4n) is 2.29. The molecule has 1 aromatic carbocycles. The summed E-state index contributed by atoms with van der Waals surface area (Å²) >= 11 is 0. The van der Waals surface area contributed by atoms with Crippen molar-refractivity contribution in [2.75, 3.05) is 6.54 Å². The standard InChI is InChI=1S/C13H15N/c1-10-3-2-4-11(5-10)7-14-8-12-6-13(12)9-14/h2-5,8,13H,6-7,9H2,1H3. The van der Waals surface area contributed by atoms with E-state index in [9.17, 15) is 0 Å². The van der Waals surface area contributed by atoms with E-state index in [1.54, 1.807) is 5.57 Å². The van der Waals surface area contributed by atoms with Crippen LogP contribution in [0.1, 0.15) is 17.5 Å². The maximum absolute atomic E-state index is 2.44. The molecule has 1 atom stereocenters. The van der Waals surface area contributed by atoms with Gasteiger partial charge in [-0.25, -0.2) is 0 Å². The molecule has 0 aromatic heterocycles. The molecule has 0 bridgehead atoms. The molecule has 72 valence electrons. The average Bonchev–Trinajstić information content (AvgIpc) is 2.74. The monoisotopic (exact) mass is 185 g/mol. The van der Waals surface area contributed by atoms with Crippen molar-refractivity contribution in [1.82, 2.24) is 4.90 Å². The van der Waals surface area contributed by atoms with Crippen LogP contribution in [0.2, 0.25) is 0 Å². The Morgan fingerprint density at radius 1 is 1.43 bits per heavy atom. The van der Waals surface area contributed by atoms with Gasteiger partial charge in [-0.1, -0.05) is 29.8 Å². The molecule has 0 spiro atoms. The van der Waals surface area contributed by atoms with Gasteiger partial charge in [-0.15, -0.1) is 0 Å². The van der Waals surface area contributed by atoms with Gasteiger partial charge < -0.3 is 4.90 Å². The fraction of sp³-hybridized carbons (Fsp3) is 0.385. The highest BCUT2D eigenvalue weighted by molar-refractivity contribution is 5.29. The van der Waals surface area contributed by atoms with Gasteiger partial charge in [-0.05, 0) is 30.7 Å². The molecule has 1 nitrogen and oxygen atoms in total. The summed E-state index contributed by atoms with van der Waals surface area (Å²) in [6.07, 6.45) is 3.72. The van der Waals surface area contributed by atoms with Crippen molar-refractivity contribution in [2.45, 2.75) is 19.9 Å². The van der Waals surface area contributed by atoms with Crippen LogP contribution in [0.5, 0.6) is 0 Å². The van der Waals surface area contributed by atoms with E-state index >= 15 is 0 Å². The number of hydrogen-bond acceptors (Lipinski definition) is 1. The Bertz CT molecular complexity index is 392. The third-order valence-corrected chi connectivity index (χ3v) is 3.12. The highest BCUT2D eigenvalue weighted by atomic mass is 15.1. The topological polar surface area (TPSA) is 3.24 Å². The molecular formula is C13H15N. The number of fused-ring (bicyclic) bond motifs is 1. The van der Waals surface area contributed by atoms with E-state index in [2.05, 4.69) is 42.3 Å². The SMILES string of the molecule is Cc1cccc(CN2C=C3CC3C2)c1. The van der Waals surface area contributed by atoms with Crippen LogP contribution in [0.4, 0.5) is 0 Å². The minimum atomic E-state index is 0.916. The van der Waals surface area contributed by atoms with Crippen molar-refractivity contribution in [2.24, 2.45) is 5.92 Å². The molecule has 1 heteroatoms. The maximum atomic E-state index is 2.44. The molecule has 1 aliphatic carbocycles. The largest absolute Gasteiger partial charge is 0.372 e. The molecule has 0 amide bonds. The molecule has 0 saturated heterocycles. The smallest absolute Gasteiger partial charge is 0.0424 e. The summed E-state index contributed by atoms with van der Waals surface area (Å²) in [5.74, 6) is 0.916. The normalized spacial score (nSPS) is 23.4. The lowest BCUT2D eigenvalue weighted by Gasteiger charge is -2.17. The van der Waals surface area contributed by atoms with Gasteiger partial charge in [0, 0.05) is 19.0 Å². The summed E-state index contributed by atoms with van der Waals surface area (Å²) in [5.41, 5.74) is 4.46. The summed E-state index contributed by atoms with van der Waals surface area (Å²) in [4.78, 5) is 2.44. The molecule has 1 saturated carbocycles. The second-order valence-electron chi connectivity index (χ2n) is 4.52. The lowest BCUT2D eigenvalue weighted by molar-refractivity contribution is 0.374. The first-order valence-electron chi connectivity index (χ1n) is 5.31. The van der Waals surface area contributed by atoms with Crippen molar-refractivity contribution >= 4 is 0 Å². The highest BCUT2D eigenvalue weighted by Gasteiger charge is 2.36. The Hall–Kier alpha value is -1.24. The molecule has 1 fully saturated rings. The number of benzene rings is 1. The van der Waals surface area contributed by atoms with E-state index in [4.69, 9.17) is 0 Å². The van der Waals surface area contributed by atoms with Crippen LogP contribution in [-0.2, 0) is 6.54 Å². The molecule has 1 aromatic rings. The van der Waals surface area contributed by atoms with Crippen molar-refractivity contribution < 1.29 is 0 Å².